The summed E-state index contributed by atoms with van der Waals surface area (Å²) in [5.74, 6) is -0.345. The van der Waals surface area contributed by atoms with Crippen molar-refractivity contribution in [3.8, 4) is 0 Å². The van der Waals surface area contributed by atoms with E-state index in [-0.39, 0.29) is 24.9 Å². The highest BCUT2D eigenvalue weighted by molar-refractivity contribution is 5.85. The van der Waals surface area contributed by atoms with Gasteiger partial charge < -0.3 is 10.5 Å². The molecule has 0 aliphatic rings. The maximum Gasteiger partial charge on any atom is 0.319 e. The molecule has 0 spiro atoms. The number of halogens is 1. The molecule has 0 atom stereocenters. The Kier molecular flexibility index (Phi) is 8.95. The highest BCUT2D eigenvalue weighted by Gasteiger charge is 1.91. The van der Waals surface area contributed by atoms with Gasteiger partial charge in [-0.2, -0.15) is 0 Å². The summed E-state index contributed by atoms with van der Waals surface area (Å²) in [6.45, 7) is 2.14. The van der Waals surface area contributed by atoms with Gasteiger partial charge in [0, 0.05) is 0 Å². The lowest BCUT2D eigenvalue weighted by Crippen LogP contribution is -2.16. The summed E-state index contributed by atoms with van der Waals surface area (Å²) in [5, 5.41) is 0. The SMILES string of the molecule is CCOC(=O)[13CH2]N.Cl. The number of hydrogen-bond donors (Lipinski definition) is 1. The zero-order valence-electron chi connectivity index (χ0n) is 4.72. The van der Waals surface area contributed by atoms with E-state index in [0.717, 1.165) is 0 Å². The third-order valence-corrected chi connectivity index (χ3v) is 0.472. The zero-order chi connectivity index (χ0) is 5.70. The fourth-order valence-corrected chi connectivity index (χ4v) is 0.220. The van der Waals surface area contributed by atoms with Gasteiger partial charge in [-0.25, -0.2) is 0 Å². The Morgan fingerprint density at radius 2 is 2.25 bits per heavy atom. The maximum absolute atomic E-state index is 10.1. The summed E-state index contributed by atoms with van der Waals surface area (Å²) in [6.07, 6.45) is 0. The molecule has 0 bridgehead atoms. The lowest BCUT2D eigenvalue weighted by Gasteiger charge is -1.93. The normalized spacial score (nSPS) is 7.25. The molecule has 0 aliphatic heterocycles. The minimum Gasteiger partial charge on any atom is -0.465 e. The van der Waals surface area contributed by atoms with Crippen LogP contribution in [0.15, 0.2) is 0 Å². The lowest BCUT2D eigenvalue weighted by molar-refractivity contribution is -0.141. The van der Waals surface area contributed by atoms with Gasteiger partial charge in [0.25, 0.3) is 0 Å². The fourth-order valence-electron chi connectivity index (χ4n) is 0.220. The Hall–Kier alpha value is -0.280. The zero-order valence-corrected chi connectivity index (χ0v) is 5.53. The van der Waals surface area contributed by atoms with Crippen molar-refractivity contribution in [1.82, 2.24) is 0 Å². The van der Waals surface area contributed by atoms with Crippen molar-refractivity contribution in [1.29, 1.82) is 0 Å². The van der Waals surface area contributed by atoms with Gasteiger partial charge in [0.15, 0.2) is 0 Å². The number of hydrogen-bond acceptors (Lipinski definition) is 3. The third kappa shape index (κ3) is 5.72. The minimum absolute atomic E-state index is 0. The minimum atomic E-state index is -0.345. The number of ether oxygens (including phenoxy) is 1. The highest BCUT2D eigenvalue weighted by atomic mass is 35.5. The van der Waals surface area contributed by atoms with E-state index in [1.807, 2.05) is 0 Å². The molecular formula is C4H10ClNO2. The molecule has 0 aliphatic carbocycles. The molecule has 4 heteroatoms. The van der Waals surface area contributed by atoms with Gasteiger partial charge in [0.05, 0.1) is 13.2 Å². The Morgan fingerprint density at radius 3 is 2.38 bits per heavy atom. The number of carbonyl (C=O) groups excluding carboxylic acids is 1. The molecule has 0 aromatic carbocycles. The summed E-state index contributed by atoms with van der Waals surface area (Å²) in [7, 11) is 0. The van der Waals surface area contributed by atoms with Crippen molar-refractivity contribution in [2.75, 3.05) is 13.2 Å². The first-order valence-electron chi connectivity index (χ1n) is 2.17. The molecule has 0 amide bonds. The van der Waals surface area contributed by atoms with Crippen LogP contribution in [0.1, 0.15) is 6.92 Å². The van der Waals surface area contributed by atoms with Crippen LogP contribution in [-0.4, -0.2) is 19.1 Å². The Morgan fingerprint density at radius 1 is 1.75 bits per heavy atom. The third-order valence-electron chi connectivity index (χ3n) is 0.472. The molecular weight excluding hydrogens is 130 g/mol. The van der Waals surface area contributed by atoms with Gasteiger partial charge in [0.2, 0.25) is 0 Å². The van der Waals surface area contributed by atoms with Gasteiger partial charge in [-0.1, -0.05) is 0 Å². The Bertz CT molecular complexity index is 67.1. The first-order valence-corrected chi connectivity index (χ1v) is 2.17. The molecule has 50 valence electrons. The molecule has 0 aromatic heterocycles. The molecule has 8 heavy (non-hydrogen) atoms. The monoisotopic (exact) mass is 140 g/mol. The molecule has 0 heterocycles. The second-order valence-corrected chi connectivity index (χ2v) is 1.01. The highest BCUT2D eigenvalue weighted by Crippen LogP contribution is 1.69. The lowest BCUT2D eigenvalue weighted by atomic mass is 10.8. The van der Waals surface area contributed by atoms with Gasteiger partial charge in [-0.05, 0) is 6.92 Å². The first kappa shape index (κ1) is 10.7. The topological polar surface area (TPSA) is 52.3 Å². The van der Waals surface area contributed by atoms with E-state index in [2.05, 4.69) is 4.74 Å². The summed E-state index contributed by atoms with van der Waals surface area (Å²) in [4.78, 5) is 10.1. The van der Waals surface area contributed by atoms with Crippen LogP contribution in [-0.2, 0) is 9.53 Å². The van der Waals surface area contributed by atoms with E-state index >= 15 is 0 Å². The predicted molar refractivity (Wildman–Crippen MR) is 32.9 cm³/mol. The number of nitrogens with two attached hydrogens (primary N) is 1. The number of rotatable bonds is 2. The van der Waals surface area contributed by atoms with Gasteiger partial charge in [-0.15, -0.1) is 12.4 Å². The molecule has 2 N–H and O–H groups in total. The van der Waals surface area contributed by atoms with Crippen LogP contribution in [0.3, 0.4) is 0 Å². The Balaban J connectivity index is 0. The number of carbonyl (C=O) groups is 1. The molecule has 0 radical (unpaired) electrons. The average molecular weight is 141 g/mol. The summed E-state index contributed by atoms with van der Waals surface area (Å²) >= 11 is 0. The standard InChI is InChI=1S/C4H9NO2.ClH/c1-2-7-4(6)3-5;/h2-3,5H2,1H3;1H/i3+1;. The summed E-state index contributed by atoms with van der Waals surface area (Å²) < 4.78 is 4.43. The average Bonchev–Trinajstić information content (AvgIpc) is 1.68. The summed E-state index contributed by atoms with van der Waals surface area (Å²) in [6, 6.07) is 0. The molecule has 0 aromatic rings. The van der Waals surface area contributed by atoms with Gasteiger partial charge in [-0.3, -0.25) is 4.79 Å². The van der Waals surface area contributed by atoms with E-state index in [1.54, 1.807) is 6.92 Å². The van der Waals surface area contributed by atoms with Crippen molar-refractivity contribution < 1.29 is 9.53 Å². The van der Waals surface area contributed by atoms with Crippen LogP contribution >= 0.6 is 12.4 Å². The van der Waals surface area contributed by atoms with E-state index in [1.165, 1.54) is 0 Å². The second kappa shape index (κ2) is 6.72. The summed E-state index contributed by atoms with van der Waals surface area (Å²) in [5.41, 5.74) is 4.88. The molecule has 0 fully saturated rings. The smallest absolute Gasteiger partial charge is 0.319 e. The van der Waals surface area contributed by atoms with Crippen molar-refractivity contribution in [3.63, 3.8) is 0 Å². The molecule has 0 saturated carbocycles. The number of esters is 1. The molecule has 0 rings (SSSR count). The van der Waals surface area contributed by atoms with Crippen LogP contribution in [0.5, 0.6) is 0 Å². The fraction of sp³-hybridized carbons (Fsp3) is 0.750. The predicted octanol–water partition coefficient (Wildman–Crippen LogP) is -0.0700. The van der Waals surface area contributed by atoms with E-state index in [0.29, 0.717) is 6.61 Å². The van der Waals surface area contributed by atoms with Crippen molar-refractivity contribution in [3.05, 3.63) is 0 Å². The second-order valence-electron chi connectivity index (χ2n) is 1.01. The maximum atomic E-state index is 10.1. The van der Waals surface area contributed by atoms with Crippen molar-refractivity contribution in [2.24, 2.45) is 5.73 Å². The largest absolute Gasteiger partial charge is 0.465 e. The first-order chi connectivity index (χ1) is 3.31. The Labute approximate surface area is 54.6 Å². The molecule has 0 unspecified atom stereocenters. The molecule has 3 nitrogen and oxygen atoms in total. The quantitative estimate of drug-likeness (QED) is 0.432. The van der Waals surface area contributed by atoms with Crippen LogP contribution in [0, 0.1) is 0 Å². The van der Waals surface area contributed by atoms with Gasteiger partial charge in [0.1, 0.15) is 0 Å². The van der Waals surface area contributed by atoms with Crippen LogP contribution in [0.25, 0.3) is 0 Å². The van der Waals surface area contributed by atoms with E-state index in [4.69, 9.17) is 5.73 Å². The van der Waals surface area contributed by atoms with E-state index < -0.39 is 0 Å². The van der Waals surface area contributed by atoms with Crippen molar-refractivity contribution >= 4 is 18.4 Å². The van der Waals surface area contributed by atoms with Crippen LogP contribution in [0.2, 0.25) is 0 Å². The van der Waals surface area contributed by atoms with E-state index in [9.17, 15) is 4.79 Å². The molecule has 0 saturated heterocycles. The van der Waals surface area contributed by atoms with Gasteiger partial charge >= 0.3 is 5.97 Å². The van der Waals surface area contributed by atoms with Crippen LogP contribution < -0.4 is 5.73 Å². The van der Waals surface area contributed by atoms with Crippen LogP contribution in [0.4, 0.5) is 0 Å². The van der Waals surface area contributed by atoms with Crippen molar-refractivity contribution in [2.45, 2.75) is 6.92 Å².